The molecule has 178 valence electrons. The lowest BCUT2D eigenvalue weighted by Crippen LogP contribution is -2.21. The van der Waals surface area contributed by atoms with Gasteiger partial charge in [-0.2, -0.15) is 0 Å². The highest BCUT2D eigenvalue weighted by atomic mass is 16.6. The van der Waals surface area contributed by atoms with E-state index in [0.717, 1.165) is 23.1 Å². The minimum atomic E-state index is -0.479. The van der Waals surface area contributed by atoms with Crippen LogP contribution in [0.15, 0.2) is 66.7 Å². The Kier molecular flexibility index (Phi) is 7.93. The molecule has 0 aliphatic rings. The van der Waals surface area contributed by atoms with Crippen LogP contribution in [0, 0.1) is 0 Å². The van der Waals surface area contributed by atoms with Crippen molar-refractivity contribution in [3.8, 4) is 11.5 Å². The molecule has 34 heavy (non-hydrogen) atoms. The number of esters is 2. The first-order valence-corrected chi connectivity index (χ1v) is 11.9. The molecule has 0 amide bonds. The molecule has 0 aliphatic heterocycles. The lowest BCUT2D eigenvalue weighted by Gasteiger charge is -2.29. The summed E-state index contributed by atoms with van der Waals surface area (Å²) in [7, 11) is 0. The number of benzene rings is 3. The molecule has 0 spiro atoms. The van der Waals surface area contributed by atoms with Gasteiger partial charge in [0.2, 0.25) is 0 Å². The molecule has 0 fully saturated rings. The summed E-state index contributed by atoms with van der Waals surface area (Å²) in [6.45, 7) is 12.6. The van der Waals surface area contributed by atoms with Crippen LogP contribution >= 0.6 is 0 Å². The molecule has 4 nitrogen and oxygen atoms in total. The van der Waals surface area contributed by atoms with Gasteiger partial charge in [-0.15, -0.1) is 0 Å². The summed E-state index contributed by atoms with van der Waals surface area (Å²) in [6.07, 6.45) is 1.54. The second-order valence-corrected chi connectivity index (χ2v) is 9.82. The third kappa shape index (κ3) is 5.74. The van der Waals surface area contributed by atoms with Gasteiger partial charge in [0.05, 0.1) is 11.1 Å². The number of hydrogen-bond acceptors (Lipinski definition) is 4. The van der Waals surface area contributed by atoms with Crippen molar-refractivity contribution in [1.29, 1.82) is 0 Å². The molecule has 0 unspecified atom stereocenters. The molecule has 0 aliphatic carbocycles. The van der Waals surface area contributed by atoms with Gasteiger partial charge in [0.1, 0.15) is 0 Å². The minimum Gasteiger partial charge on any atom is -0.419 e. The molecule has 0 radical (unpaired) electrons. The summed E-state index contributed by atoms with van der Waals surface area (Å²) in [5.41, 5.74) is 3.51. The van der Waals surface area contributed by atoms with E-state index in [0.29, 0.717) is 29.0 Å². The van der Waals surface area contributed by atoms with Gasteiger partial charge in [-0.25, -0.2) is 9.59 Å². The molecule has 0 bridgehead atoms. The van der Waals surface area contributed by atoms with E-state index in [-0.39, 0.29) is 11.3 Å². The highest BCUT2D eigenvalue weighted by Crippen LogP contribution is 2.46. The van der Waals surface area contributed by atoms with Crippen molar-refractivity contribution in [3.05, 3.63) is 94.5 Å². The number of ether oxygens (including phenoxy) is 2. The number of carbonyl (C=O) groups excluding carboxylic acids is 2. The van der Waals surface area contributed by atoms with Crippen molar-refractivity contribution in [2.75, 3.05) is 0 Å². The van der Waals surface area contributed by atoms with Crippen LogP contribution in [0.5, 0.6) is 11.5 Å². The monoisotopic (exact) mass is 458 g/mol. The van der Waals surface area contributed by atoms with Gasteiger partial charge in [0.15, 0.2) is 11.5 Å². The Morgan fingerprint density at radius 3 is 1.68 bits per heavy atom. The van der Waals surface area contributed by atoms with E-state index in [1.165, 1.54) is 0 Å². The first-order chi connectivity index (χ1) is 16.1. The molecule has 0 saturated carbocycles. The molecule has 3 aromatic carbocycles. The normalized spacial score (nSPS) is 11.4. The minimum absolute atomic E-state index is 0.0395. The van der Waals surface area contributed by atoms with Crippen molar-refractivity contribution in [2.45, 2.75) is 65.7 Å². The average molecular weight is 459 g/mol. The van der Waals surface area contributed by atoms with E-state index in [4.69, 9.17) is 9.47 Å². The lowest BCUT2D eigenvalue weighted by molar-refractivity contribution is 0.0678. The first-order valence-electron chi connectivity index (χ1n) is 11.9. The fourth-order valence-electron chi connectivity index (χ4n) is 4.02. The fourth-order valence-corrected chi connectivity index (χ4v) is 4.02. The summed E-state index contributed by atoms with van der Waals surface area (Å²) in [6, 6.07) is 19.9. The summed E-state index contributed by atoms with van der Waals surface area (Å²) >= 11 is 0. The van der Waals surface area contributed by atoms with Crippen molar-refractivity contribution >= 4 is 11.9 Å². The summed E-state index contributed by atoms with van der Waals surface area (Å²) < 4.78 is 12.1. The molecule has 4 heteroatoms. The van der Waals surface area contributed by atoms with Gasteiger partial charge >= 0.3 is 11.9 Å². The smallest absolute Gasteiger partial charge is 0.343 e. The largest absolute Gasteiger partial charge is 0.419 e. The first kappa shape index (κ1) is 25.2. The molecule has 0 aromatic heterocycles. The van der Waals surface area contributed by atoms with Gasteiger partial charge in [0, 0.05) is 5.56 Å². The van der Waals surface area contributed by atoms with Crippen molar-refractivity contribution in [3.63, 3.8) is 0 Å². The Labute approximate surface area is 202 Å². The third-order valence-electron chi connectivity index (χ3n) is 5.66. The van der Waals surface area contributed by atoms with Crippen molar-refractivity contribution in [2.24, 2.45) is 0 Å². The van der Waals surface area contributed by atoms with E-state index in [2.05, 4.69) is 47.6 Å². The van der Waals surface area contributed by atoms with Crippen molar-refractivity contribution < 1.29 is 19.1 Å². The second-order valence-electron chi connectivity index (χ2n) is 9.82. The van der Waals surface area contributed by atoms with E-state index < -0.39 is 11.9 Å². The van der Waals surface area contributed by atoms with Crippen molar-refractivity contribution in [1.82, 2.24) is 0 Å². The zero-order valence-electron chi connectivity index (χ0n) is 21.0. The quantitative estimate of drug-likeness (QED) is 0.272. The SMILES string of the molecule is CCCc1cc(C(C)(C)C)c(C(C)C)c(OC(=O)c2ccccc2)c1OC(=O)c1ccccc1. The number of hydrogen-bond donors (Lipinski definition) is 0. The third-order valence-corrected chi connectivity index (χ3v) is 5.66. The fraction of sp³-hybridized carbons (Fsp3) is 0.333. The predicted molar refractivity (Wildman–Crippen MR) is 136 cm³/mol. The Morgan fingerprint density at radius 2 is 1.26 bits per heavy atom. The predicted octanol–water partition coefficient (Wildman–Crippen LogP) is 7.50. The number of aryl methyl sites for hydroxylation is 1. The van der Waals surface area contributed by atoms with Gasteiger partial charge in [-0.05, 0) is 53.1 Å². The van der Waals surface area contributed by atoms with Gasteiger partial charge in [-0.1, -0.05) is 90.4 Å². The van der Waals surface area contributed by atoms with Crippen LogP contribution in [0.25, 0.3) is 0 Å². The lowest BCUT2D eigenvalue weighted by atomic mass is 9.78. The molecule has 0 saturated heterocycles. The molecule has 3 rings (SSSR count). The molecular formula is C30H34O4. The van der Waals surface area contributed by atoms with Crippen LogP contribution < -0.4 is 9.47 Å². The maximum Gasteiger partial charge on any atom is 0.343 e. The molecule has 3 aromatic rings. The average Bonchev–Trinajstić information content (AvgIpc) is 2.81. The Bertz CT molecular complexity index is 1140. The summed E-state index contributed by atoms with van der Waals surface area (Å²) in [4.78, 5) is 26.2. The van der Waals surface area contributed by atoms with Crippen LogP contribution in [0.2, 0.25) is 0 Å². The Morgan fingerprint density at radius 1 is 0.794 bits per heavy atom. The van der Waals surface area contributed by atoms with E-state index in [9.17, 15) is 9.59 Å². The van der Waals surface area contributed by atoms with E-state index >= 15 is 0 Å². The van der Waals surface area contributed by atoms with Crippen LogP contribution in [0.3, 0.4) is 0 Å². The summed E-state index contributed by atoms with van der Waals surface area (Å²) in [5.74, 6) is -0.250. The van der Waals surface area contributed by atoms with Gasteiger partial charge in [-0.3, -0.25) is 0 Å². The Balaban J connectivity index is 2.24. The maximum absolute atomic E-state index is 13.2. The molecular weight excluding hydrogens is 424 g/mol. The van der Waals surface area contributed by atoms with Gasteiger partial charge in [0.25, 0.3) is 0 Å². The van der Waals surface area contributed by atoms with Crippen LogP contribution in [-0.2, 0) is 11.8 Å². The molecule has 0 N–H and O–H groups in total. The molecule has 0 atom stereocenters. The Hall–Kier alpha value is -3.40. The molecule has 0 heterocycles. The summed E-state index contributed by atoms with van der Waals surface area (Å²) in [5, 5.41) is 0. The van der Waals surface area contributed by atoms with Crippen LogP contribution in [0.4, 0.5) is 0 Å². The zero-order valence-corrected chi connectivity index (χ0v) is 21.0. The topological polar surface area (TPSA) is 52.6 Å². The second kappa shape index (κ2) is 10.7. The number of carbonyl (C=O) groups is 2. The van der Waals surface area contributed by atoms with E-state index in [1.54, 1.807) is 48.5 Å². The highest BCUT2D eigenvalue weighted by molar-refractivity contribution is 5.94. The maximum atomic E-state index is 13.2. The zero-order chi connectivity index (χ0) is 24.9. The van der Waals surface area contributed by atoms with Crippen LogP contribution in [-0.4, -0.2) is 11.9 Å². The van der Waals surface area contributed by atoms with E-state index in [1.807, 2.05) is 12.1 Å². The van der Waals surface area contributed by atoms with Gasteiger partial charge < -0.3 is 9.47 Å². The number of rotatable bonds is 7. The highest BCUT2D eigenvalue weighted by Gasteiger charge is 2.30. The standard InChI is InChI=1S/C30H34O4/c1-7-14-23-19-24(30(4,5)6)25(20(2)3)27(34-29(32)22-17-12-9-13-18-22)26(23)33-28(31)21-15-10-8-11-16-21/h8-13,15-20H,7,14H2,1-6H3. The van der Waals surface area contributed by atoms with Crippen LogP contribution in [0.1, 0.15) is 91.3 Å².